The van der Waals surface area contributed by atoms with Gasteiger partial charge in [0.25, 0.3) is 0 Å². The third-order valence-electron chi connectivity index (χ3n) is 4.64. The van der Waals surface area contributed by atoms with E-state index in [4.69, 9.17) is 0 Å². The Morgan fingerprint density at radius 1 is 1.17 bits per heavy atom. The molecule has 1 N–H and O–H groups in total. The average Bonchev–Trinajstić information content (AvgIpc) is 2.80. The fourth-order valence-electron chi connectivity index (χ4n) is 3.15. The van der Waals surface area contributed by atoms with Crippen LogP contribution in [-0.2, 0) is 16.6 Å². The summed E-state index contributed by atoms with van der Waals surface area (Å²) >= 11 is 0. The van der Waals surface area contributed by atoms with E-state index in [1.165, 1.54) is 12.8 Å². The van der Waals surface area contributed by atoms with Gasteiger partial charge in [0, 0.05) is 45.4 Å². The van der Waals surface area contributed by atoms with Crippen LogP contribution in [0.25, 0.3) is 0 Å². The largest absolute Gasteiger partial charge is 0.346 e. The first-order valence-corrected chi connectivity index (χ1v) is 9.03. The van der Waals surface area contributed by atoms with Gasteiger partial charge in [-0.3, -0.25) is 9.59 Å². The number of rotatable bonds is 6. The second-order valence-electron chi connectivity index (χ2n) is 6.98. The molecule has 134 valence electrons. The van der Waals surface area contributed by atoms with Crippen molar-refractivity contribution in [3.8, 4) is 0 Å². The molecule has 2 rings (SSSR count). The van der Waals surface area contributed by atoms with Crippen LogP contribution in [-0.4, -0.2) is 39.4 Å². The summed E-state index contributed by atoms with van der Waals surface area (Å²) in [5.41, 5.74) is 0. The van der Waals surface area contributed by atoms with Gasteiger partial charge in [0.15, 0.2) is 0 Å². The van der Waals surface area contributed by atoms with Crippen molar-refractivity contribution in [2.45, 2.75) is 58.4 Å². The molecule has 0 spiro atoms. The van der Waals surface area contributed by atoms with Crippen LogP contribution >= 0.6 is 0 Å². The molecule has 0 aliphatic carbocycles. The predicted octanol–water partition coefficient (Wildman–Crippen LogP) is 2.42. The molecule has 1 fully saturated rings. The van der Waals surface area contributed by atoms with Gasteiger partial charge >= 0.3 is 0 Å². The normalized spacial score (nSPS) is 16.8. The highest BCUT2D eigenvalue weighted by atomic mass is 16.2. The first-order valence-electron chi connectivity index (χ1n) is 9.03. The van der Waals surface area contributed by atoms with Crippen molar-refractivity contribution in [3.05, 3.63) is 18.2 Å². The molecular weight excluding hydrogens is 304 g/mol. The number of hydrogen-bond donors (Lipinski definition) is 1. The lowest BCUT2D eigenvalue weighted by Crippen LogP contribution is -2.35. The van der Waals surface area contributed by atoms with E-state index in [9.17, 15) is 9.59 Å². The van der Waals surface area contributed by atoms with Crippen LogP contribution in [0, 0.1) is 5.92 Å². The standard InChI is InChI=1S/C18H30N4O2/c1-14(2)17(18-19-10-13-21(18)3)20-15(23)8-9-16(24)22-11-6-4-5-7-12-22/h10,13-14,17H,4-9,11-12H2,1-3H3,(H,20,23). The molecule has 2 amide bonds. The summed E-state index contributed by atoms with van der Waals surface area (Å²) in [5, 5.41) is 3.04. The maximum absolute atomic E-state index is 12.3. The third kappa shape index (κ3) is 5.08. The van der Waals surface area contributed by atoms with Crippen molar-refractivity contribution in [1.29, 1.82) is 0 Å². The van der Waals surface area contributed by atoms with Crippen molar-refractivity contribution in [3.63, 3.8) is 0 Å². The summed E-state index contributed by atoms with van der Waals surface area (Å²) in [4.78, 5) is 30.8. The molecule has 1 unspecified atom stereocenters. The van der Waals surface area contributed by atoms with E-state index in [2.05, 4.69) is 24.1 Å². The Labute approximate surface area is 144 Å². The van der Waals surface area contributed by atoms with Crippen LogP contribution in [0.4, 0.5) is 0 Å². The maximum atomic E-state index is 12.3. The second kappa shape index (κ2) is 8.85. The first kappa shape index (κ1) is 18.5. The van der Waals surface area contributed by atoms with Gasteiger partial charge < -0.3 is 14.8 Å². The zero-order valence-corrected chi connectivity index (χ0v) is 15.1. The molecule has 1 saturated heterocycles. The highest BCUT2D eigenvalue weighted by Gasteiger charge is 2.23. The molecule has 0 saturated carbocycles. The van der Waals surface area contributed by atoms with Gasteiger partial charge in [-0.15, -0.1) is 0 Å². The molecule has 24 heavy (non-hydrogen) atoms. The van der Waals surface area contributed by atoms with Crippen molar-refractivity contribution in [2.24, 2.45) is 13.0 Å². The molecule has 1 aromatic rings. The SMILES string of the molecule is CC(C)C(NC(=O)CCC(=O)N1CCCCCC1)c1nccn1C. The molecule has 6 nitrogen and oxygen atoms in total. The molecule has 0 bridgehead atoms. The zero-order valence-electron chi connectivity index (χ0n) is 15.1. The number of aryl methyl sites for hydroxylation is 1. The van der Waals surface area contributed by atoms with Gasteiger partial charge in [0.1, 0.15) is 5.82 Å². The summed E-state index contributed by atoms with van der Waals surface area (Å²) in [6, 6.07) is -0.134. The van der Waals surface area contributed by atoms with Crippen LogP contribution in [0.2, 0.25) is 0 Å². The minimum absolute atomic E-state index is 0.0835. The lowest BCUT2D eigenvalue weighted by atomic mass is 10.0. The van der Waals surface area contributed by atoms with Crippen LogP contribution in [0.5, 0.6) is 0 Å². The number of nitrogens with zero attached hydrogens (tertiary/aromatic N) is 3. The third-order valence-corrected chi connectivity index (χ3v) is 4.64. The number of nitrogens with one attached hydrogen (secondary N) is 1. The summed E-state index contributed by atoms with van der Waals surface area (Å²) in [5.74, 6) is 1.10. The minimum Gasteiger partial charge on any atom is -0.346 e. The van der Waals surface area contributed by atoms with E-state index in [-0.39, 0.29) is 36.6 Å². The Morgan fingerprint density at radius 2 is 1.83 bits per heavy atom. The minimum atomic E-state index is -0.134. The lowest BCUT2D eigenvalue weighted by molar-refractivity contribution is -0.133. The maximum Gasteiger partial charge on any atom is 0.223 e. The Hall–Kier alpha value is -1.85. The fraction of sp³-hybridized carbons (Fsp3) is 0.722. The number of likely N-dealkylation sites (tertiary alicyclic amines) is 1. The Morgan fingerprint density at radius 3 is 2.38 bits per heavy atom. The summed E-state index contributed by atoms with van der Waals surface area (Å²) in [6.45, 7) is 5.79. The topological polar surface area (TPSA) is 67.2 Å². The summed E-state index contributed by atoms with van der Waals surface area (Å²) < 4.78 is 1.92. The van der Waals surface area contributed by atoms with E-state index in [1.54, 1.807) is 6.20 Å². The van der Waals surface area contributed by atoms with Crippen LogP contribution in [0.3, 0.4) is 0 Å². The number of aromatic nitrogens is 2. The predicted molar refractivity (Wildman–Crippen MR) is 93.2 cm³/mol. The number of carbonyl (C=O) groups is 2. The molecule has 1 aliphatic heterocycles. The van der Waals surface area contributed by atoms with Crippen molar-refractivity contribution >= 4 is 11.8 Å². The first-order chi connectivity index (χ1) is 11.5. The Kier molecular flexibility index (Phi) is 6.82. The number of imidazole rings is 1. The van der Waals surface area contributed by atoms with Gasteiger partial charge in [0.2, 0.25) is 11.8 Å². The number of carbonyl (C=O) groups excluding carboxylic acids is 2. The van der Waals surface area contributed by atoms with E-state index in [1.807, 2.05) is 22.7 Å². The van der Waals surface area contributed by atoms with Crippen molar-refractivity contribution in [1.82, 2.24) is 19.8 Å². The molecule has 0 aromatic carbocycles. The Bertz CT molecular complexity index is 545. The van der Waals surface area contributed by atoms with Crippen LogP contribution in [0.15, 0.2) is 12.4 Å². The number of amides is 2. The average molecular weight is 334 g/mol. The van der Waals surface area contributed by atoms with Gasteiger partial charge in [0.05, 0.1) is 6.04 Å². The quantitative estimate of drug-likeness (QED) is 0.869. The molecule has 0 radical (unpaired) electrons. The molecule has 6 heteroatoms. The monoisotopic (exact) mass is 334 g/mol. The zero-order chi connectivity index (χ0) is 17.5. The van der Waals surface area contributed by atoms with E-state index in [0.29, 0.717) is 0 Å². The Balaban J connectivity index is 1.85. The van der Waals surface area contributed by atoms with Gasteiger partial charge in [-0.2, -0.15) is 0 Å². The van der Waals surface area contributed by atoms with Gasteiger partial charge in [-0.1, -0.05) is 26.7 Å². The number of hydrogen-bond acceptors (Lipinski definition) is 3. The van der Waals surface area contributed by atoms with E-state index in [0.717, 1.165) is 31.8 Å². The van der Waals surface area contributed by atoms with Crippen molar-refractivity contribution < 1.29 is 9.59 Å². The smallest absolute Gasteiger partial charge is 0.223 e. The van der Waals surface area contributed by atoms with Crippen LogP contribution in [0.1, 0.15) is 64.2 Å². The fourth-order valence-corrected chi connectivity index (χ4v) is 3.15. The van der Waals surface area contributed by atoms with Crippen LogP contribution < -0.4 is 5.32 Å². The van der Waals surface area contributed by atoms with Gasteiger partial charge in [-0.25, -0.2) is 4.98 Å². The molecule has 1 aliphatic rings. The summed E-state index contributed by atoms with van der Waals surface area (Å²) in [7, 11) is 1.92. The van der Waals surface area contributed by atoms with Crippen molar-refractivity contribution in [2.75, 3.05) is 13.1 Å². The van der Waals surface area contributed by atoms with E-state index < -0.39 is 0 Å². The van der Waals surface area contributed by atoms with Gasteiger partial charge in [-0.05, 0) is 18.8 Å². The highest BCUT2D eigenvalue weighted by Crippen LogP contribution is 2.20. The molecule has 1 aromatic heterocycles. The summed E-state index contributed by atoms with van der Waals surface area (Å²) in [6.07, 6.45) is 8.69. The molecule has 2 heterocycles. The molecule has 1 atom stereocenters. The van der Waals surface area contributed by atoms with E-state index >= 15 is 0 Å². The highest BCUT2D eigenvalue weighted by molar-refractivity contribution is 5.84. The second-order valence-corrected chi connectivity index (χ2v) is 6.98. The lowest BCUT2D eigenvalue weighted by Gasteiger charge is -2.23. The molecular formula is C18H30N4O2.